The van der Waals surface area contributed by atoms with E-state index in [0.29, 0.717) is 47.7 Å². The Kier molecular flexibility index (Phi) is 4.21. The number of nitrogens with zero attached hydrogens (tertiary/aromatic N) is 4. The van der Waals surface area contributed by atoms with Crippen LogP contribution in [-0.2, 0) is 6.54 Å². The minimum Gasteiger partial charge on any atom is -0.489 e. The molecule has 2 aromatic heterocycles. The van der Waals surface area contributed by atoms with Gasteiger partial charge in [0.15, 0.2) is 17.3 Å². The fourth-order valence-electron chi connectivity index (χ4n) is 2.66. The number of nitro groups is 1. The Labute approximate surface area is 152 Å². The molecular weight excluding hydrogens is 362 g/mol. The van der Waals surface area contributed by atoms with E-state index in [0.717, 1.165) is 12.0 Å². The van der Waals surface area contributed by atoms with Gasteiger partial charge in [-0.15, -0.1) is 0 Å². The first kappa shape index (κ1) is 16.4. The first-order valence-electron chi connectivity index (χ1n) is 7.93. The van der Waals surface area contributed by atoms with Crippen LogP contribution in [0, 0.1) is 10.1 Å². The highest BCUT2D eigenvalue weighted by atomic mass is 35.5. The number of nitrogens with one attached hydrogen (secondary N) is 1. The molecule has 0 saturated heterocycles. The minimum absolute atomic E-state index is 0.192. The molecule has 0 amide bonds. The SMILES string of the molecule is O=[N+]([O-])c1cnc2ccc(NCc3cc(Cl)c4c(c3)OCCCO4)nn12. The molecule has 10 heteroatoms. The van der Waals surface area contributed by atoms with Gasteiger partial charge in [0.25, 0.3) is 0 Å². The Hall–Kier alpha value is -3.07. The lowest BCUT2D eigenvalue weighted by molar-refractivity contribution is -0.391. The largest absolute Gasteiger partial charge is 0.489 e. The molecule has 0 unspecified atom stereocenters. The second kappa shape index (κ2) is 6.68. The maximum atomic E-state index is 11.0. The Morgan fingerprint density at radius 3 is 3.00 bits per heavy atom. The van der Waals surface area contributed by atoms with E-state index in [1.807, 2.05) is 6.07 Å². The quantitative estimate of drug-likeness (QED) is 0.552. The molecule has 0 spiro atoms. The fourth-order valence-corrected chi connectivity index (χ4v) is 2.95. The van der Waals surface area contributed by atoms with Crippen molar-refractivity contribution < 1.29 is 14.4 Å². The molecule has 1 aliphatic heterocycles. The summed E-state index contributed by atoms with van der Waals surface area (Å²) in [6, 6.07) is 7.01. The average molecular weight is 376 g/mol. The van der Waals surface area contributed by atoms with Gasteiger partial charge >= 0.3 is 5.82 Å². The van der Waals surface area contributed by atoms with Crippen molar-refractivity contribution in [2.45, 2.75) is 13.0 Å². The average Bonchev–Trinajstić information content (AvgIpc) is 2.90. The van der Waals surface area contributed by atoms with E-state index in [-0.39, 0.29) is 5.82 Å². The topological polar surface area (TPSA) is 104 Å². The number of ether oxygens (including phenoxy) is 2. The summed E-state index contributed by atoms with van der Waals surface area (Å²) in [5.41, 5.74) is 1.28. The van der Waals surface area contributed by atoms with Gasteiger partial charge in [0, 0.05) is 19.0 Å². The van der Waals surface area contributed by atoms with E-state index < -0.39 is 4.92 Å². The van der Waals surface area contributed by atoms with Crippen LogP contribution in [0.25, 0.3) is 5.65 Å². The number of imidazole rings is 1. The number of aromatic nitrogens is 3. The standard InChI is InChI=1S/C16H14ClN5O4/c17-11-6-10(7-12-16(11)26-5-1-4-25-12)8-18-13-2-3-14-19-9-15(22(23)24)21(14)20-13/h2-3,6-7,9H,1,4-5,8H2,(H,18,20). The number of hydrogen-bond acceptors (Lipinski definition) is 7. The van der Waals surface area contributed by atoms with Crippen molar-refractivity contribution in [2.75, 3.05) is 18.5 Å². The number of hydrogen-bond donors (Lipinski definition) is 1. The third kappa shape index (κ3) is 3.08. The molecule has 134 valence electrons. The lowest BCUT2D eigenvalue weighted by atomic mass is 10.2. The zero-order chi connectivity index (χ0) is 18.1. The van der Waals surface area contributed by atoms with E-state index in [1.54, 1.807) is 18.2 Å². The first-order chi connectivity index (χ1) is 12.6. The van der Waals surface area contributed by atoms with Gasteiger partial charge < -0.3 is 24.9 Å². The van der Waals surface area contributed by atoms with Crippen LogP contribution < -0.4 is 14.8 Å². The van der Waals surface area contributed by atoms with E-state index in [9.17, 15) is 10.1 Å². The molecule has 0 radical (unpaired) electrons. The summed E-state index contributed by atoms with van der Waals surface area (Å²) < 4.78 is 12.5. The van der Waals surface area contributed by atoms with Crippen molar-refractivity contribution in [3.63, 3.8) is 0 Å². The second-order valence-corrected chi connectivity index (χ2v) is 6.08. The van der Waals surface area contributed by atoms with Crippen LogP contribution in [0.2, 0.25) is 5.02 Å². The molecule has 0 aliphatic carbocycles. The molecule has 1 aliphatic rings. The predicted molar refractivity (Wildman–Crippen MR) is 94.0 cm³/mol. The van der Waals surface area contributed by atoms with Gasteiger partial charge in [-0.2, -0.15) is 0 Å². The second-order valence-electron chi connectivity index (χ2n) is 5.67. The number of fused-ring (bicyclic) bond motifs is 2. The Bertz CT molecular complexity index is 990. The number of benzene rings is 1. The third-order valence-electron chi connectivity index (χ3n) is 3.87. The monoisotopic (exact) mass is 375 g/mol. The highest BCUT2D eigenvalue weighted by Gasteiger charge is 2.17. The molecule has 3 aromatic rings. The zero-order valence-corrected chi connectivity index (χ0v) is 14.3. The molecule has 0 bridgehead atoms. The molecule has 0 atom stereocenters. The smallest absolute Gasteiger partial charge is 0.368 e. The molecular formula is C16H14ClN5O4. The van der Waals surface area contributed by atoms with Crippen LogP contribution in [0.1, 0.15) is 12.0 Å². The van der Waals surface area contributed by atoms with Crippen molar-refractivity contribution in [3.8, 4) is 11.5 Å². The van der Waals surface area contributed by atoms with Crippen LogP contribution in [0.15, 0.2) is 30.5 Å². The van der Waals surface area contributed by atoms with Crippen LogP contribution in [0.3, 0.4) is 0 Å². The van der Waals surface area contributed by atoms with Crippen LogP contribution >= 0.6 is 11.6 Å². The first-order valence-corrected chi connectivity index (χ1v) is 8.31. The van der Waals surface area contributed by atoms with E-state index in [1.165, 1.54) is 10.7 Å². The Morgan fingerprint density at radius 1 is 1.31 bits per heavy atom. The van der Waals surface area contributed by atoms with Gasteiger partial charge in [-0.25, -0.2) is 4.98 Å². The normalized spacial score (nSPS) is 13.4. The summed E-state index contributed by atoms with van der Waals surface area (Å²) >= 11 is 6.28. The Balaban J connectivity index is 1.56. The summed E-state index contributed by atoms with van der Waals surface area (Å²) in [6.07, 6.45) is 1.97. The molecule has 0 fully saturated rings. The minimum atomic E-state index is -0.527. The molecule has 1 aromatic carbocycles. The highest BCUT2D eigenvalue weighted by Crippen LogP contribution is 2.38. The van der Waals surface area contributed by atoms with E-state index >= 15 is 0 Å². The van der Waals surface area contributed by atoms with E-state index in [2.05, 4.69) is 15.4 Å². The lowest BCUT2D eigenvalue weighted by Gasteiger charge is -2.12. The summed E-state index contributed by atoms with van der Waals surface area (Å²) in [7, 11) is 0. The Morgan fingerprint density at radius 2 is 2.15 bits per heavy atom. The summed E-state index contributed by atoms with van der Waals surface area (Å²) in [5.74, 6) is 1.45. The zero-order valence-electron chi connectivity index (χ0n) is 13.5. The van der Waals surface area contributed by atoms with Crippen molar-refractivity contribution in [1.29, 1.82) is 0 Å². The fraction of sp³-hybridized carbons (Fsp3) is 0.250. The van der Waals surface area contributed by atoms with Gasteiger partial charge in [0.1, 0.15) is 6.20 Å². The lowest BCUT2D eigenvalue weighted by Crippen LogP contribution is -2.06. The van der Waals surface area contributed by atoms with Gasteiger partial charge in [-0.1, -0.05) is 21.2 Å². The van der Waals surface area contributed by atoms with Crippen LogP contribution in [0.4, 0.5) is 11.6 Å². The third-order valence-corrected chi connectivity index (χ3v) is 4.15. The number of halogens is 1. The van der Waals surface area contributed by atoms with Crippen LogP contribution in [0.5, 0.6) is 11.5 Å². The predicted octanol–water partition coefficient (Wildman–Crippen LogP) is 3.06. The van der Waals surface area contributed by atoms with Crippen molar-refractivity contribution in [1.82, 2.24) is 14.6 Å². The molecule has 9 nitrogen and oxygen atoms in total. The highest BCUT2D eigenvalue weighted by molar-refractivity contribution is 6.32. The summed E-state index contributed by atoms with van der Waals surface area (Å²) in [5, 5.41) is 18.8. The molecule has 4 rings (SSSR count). The van der Waals surface area contributed by atoms with Gasteiger partial charge in [0.05, 0.1) is 18.2 Å². The molecule has 1 N–H and O–H groups in total. The number of anilines is 1. The summed E-state index contributed by atoms with van der Waals surface area (Å²) in [4.78, 5) is 14.4. The number of rotatable bonds is 4. The van der Waals surface area contributed by atoms with E-state index in [4.69, 9.17) is 21.1 Å². The van der Waals surface area contributed by atoms with Crippen LogP contribution in [-0.4, -0.2) is 32.7 Å². The van der Waals surface area contributed by atoms with Gasteiger partial charge in [-0.3, -0.25) is 0 Å². The molecule has 0 saturated carbocycles. The van der Waals surface area contributed by atoms with Gasteiger partial charge in [-0.05, 0) is 28.7 Å². The molecule has 3 heterocycles. The summed E-state index contributed by atoms with van der Waals surface area (Å²) in [6.45, 7) is 1.55. The maximum absolute atomic E-state index is 11.0. The van der Waals surface area contributed by atoms with Crippen molar-refractivity contribution in [2.24, 2.45) is 0 Å². The van der Waals surface area contributed by atoms with Gasteiger partial charge in [0.2, 0.25) is 5.65 Å². The molecule has 26 heavy (non-hydrogen) atoms. The van der Waals surface area contributed by atoms with Crippen molar-refractivity contribution in [3.05, 3.63) is 51.2 Å². The maximum Gasteiger partial charge on any atom is 0.368 e. The van der Waals surface area contributed by atoms with Crippen molar-refractivity contribution >= 4 is 28.9 Å².